The average molecular weight is 175 g/mol. The summed E-state index contributed by atoms with van der Waals surface area (Å²) in [5, 5.41) is 0. The minimum Gasteiger partial charge on any atom is -0.321 e. The van der Waals surface area contributed by atoms with Crippen molar-refractivity contribution in [3.05, 3.63) is 34.9 Å². The first-order valence-electron chi connectivity index (χ1n) is 5.04. The summed E-state index contributed by atoms with van der Waals surface area (Å²) in [5.41, 5.74) is 10.3. The summed E-state index contributed by atoms with van der Waals surface area (Å²) in [7, 11) is 0. The molecule has 0 atom stereocenters. The maximum absolute atomic E-state index is 6.19. The summed E-state index contributed by atoms with van der Waals surface area (Å²) in [4.78, 5) is 0. The van der Waals surface area contributed by atoms with Crippen LogP contribution in [0.3, 0.4) is 0 Å². The van der Waals surface area contributed by atoms with Gasteiger partial charge in [0.2, 0.25) is 0 Å². The molecule has 1 aliphatic rings. The number of hydrogen-bond donors (Lipinski definition) is 1. The SMILES string of the molecule is CCc1ccc(C)c(C2(N)CC2)c1. The summed E-state index contributed by atoms with van der Waals surface area (Å²) in [6, 6.07) is 6.67. The van der Waals surface area contributed by atoms with E-state index in [2.05, 4.69) is 32.0 Å². The third-order valence-electron chi connectivity index (χ3n) is 3.04. The predicted octanol–water partition coefficient (Wildman–Crippen LogP) is 2.51. The molecule has 0 amide bonds. The first-order chi connectivity index (χ1) is 6.15. The van der Waals surface area contributed by atoms with Crippen LogP contribution in [-0.2, 0) is 12.0 Å². The van der Waals surface area contributed by atoms with Crippen molar-refractivity contribution < 1.29 is 0 Å². The van der Waals surface area contributed by atoms with Gasteiger partial charge in [-0.25, -0.2) is 0 Å². The maximum Gasteiger partial charge on any atom is 0.0414 e. The van der Waals surface area contributed by atoms with Crippen molar-refractivity contribution in [3.8, 4) is 0 Å². The molecule has 0 bridgehead atoms. The van der Waals surface area contributed by atoms with Gasteiger partial charge in [-0.3, -0.25) is 0 Å². The molecule has 0 aliphatic heterocycles. The topological polar surface area (TPSA) is 26.0 Å². The van der Waals surface area contributed by atoms with E-state index >= 15 is 0 Å². The summed E-state index contributed by atoms with van der Waals surface area (Å²) >= 11 is 0. The molecule has 1 saturated carbocycles. The highest BCUT2D eigenvalue weighted by molar-refractivity contribution is 5.39. The number of rotatable bonds is 2. The van der Waals surface area contributed by atoms with Crippen LogP contribution in [0, 0.1) is 6.92 Å². The van der Waals surface area contributed by atoms with Crippen LogP contribution in [-0.4, -0.2) is 0 Å². The van der Waals surface area contributed by atoms with Gasteiger partial charge in [0.1, 0.15) is 0 Å². The quantitative estimate of drug-likeness (QED) is 0.734. The lowest BCUT2D eigenvalue weighted by Crippen LogP contribution is -2.20. The number of hydrogen-bond acceptors (Lipinski definition) is 1. The normalized spacial score (nSPS) is 18.7. The molecule has 1 heteroatoms. The van der Waals surface area contributed by atoms with E-state index in [4.69, 9.17) is 5.73 Å². The van der Waals surface area contributed by atoms with E-state index in [0.717, 1.165) is 19.3 Å². The Hall–Kier alpha value is -0.820. The molecule has 2 rings (SSSR count). The number of aryl methyl sites for hydroxylation is 2. The molecule has 0 radical (unpaired) electrons. The molecular formula is C12H17N. The lowest BCUT2D eigenvalue weighted by molar-refractivity contribution is 0.731. The second-order valence-electron chi connectivity index (χ2n) is 4.16. The Balaban J connectivity index is 2.43. The molecule has 1 fully saturated rings. The highest BCUT2D eigenvalue weighted by Crippen LogP contribution is 2.44. The van der Waals surface area contributed by atoms with Crippen LogP contribution in [0.15, 0.2) is 18.2 Å². The fourth-order valence-corrected chi connectivity index (χ4v) is 1.83. The Morgan fingerprint density at radius 2 is 2.08 bits per heavy atom. The van der Waals surface area contributed by atoms with E-state index in [1.807, 2.05) is 0 Å². The van der Waals surface area contributed by atoms with Crippen LogP contribution in [0.2, 0.25) is 0 Å². The smallest absolute Gasteiger partial charge is 0.0414 e. The van der Waals surface area contributed by atoms with Gasteiger partial charge in [-0.05, 0) is 42.9 Å². The highest BCUT2D eigenvalue weighted by Gasteiger charge is 2.40. The molecule has 13 heavy (non-hydrogen) atoms. The van der Waals surface area contributed by atoms with Crippen LogP contribution < -0.4 is 5.73 Å². The van der Waals surface area contributed by atoms with Crippen molar-refractivity contribution in [2.24, 2.45) is 5.73 Å². The molecule has 1 aromatic rings. The van der Waals surface area contributed by atoms with Gasteiger partial charge in [0.05, 0.1) is 0 Å². The van der Waals surface area contributed by atoms with Crippen molar-refractivity contribution in [3.63, 3.8) is 0 Å². The van der Waals surface area contributed by atoms with Crippen molar-refractivity contribution in [2.45, 2.75) is 38.6 Å². The summed E-state index contributed by atoms with van der Waals surface area (Å²) < 4.78 is 0. The molecule has 1 aliphatic carbocycles. The van der Waals surface area contributed by atoms with Crippen LogP contribution in [0.1, 0.15) is 36.5 Å². The third kappa shape index (κ3) is 1.49. The van der Waals surface area contributed by atoms with Crippen LogP contribution in [0.25, 0.3) is 0 Å². The van der Waals surface area contributed by atoms with Crippen LogP contribution >= 0.6 is 0 Å². The fraction of sp³-hybridized carbons (Fsp3) is 0.500. The molecule has 0 spiro atoms. The Labute approximate surface area is 80.0 Å². The Bertz CT molecular complexity index is 324. The largest absolute Gasteiger partial charge is 0.321 e. The van der Waals surface area contributed by atoms with E-state index in [1.165, 1.54) is 16.7 Å². The van der Waals surface area contributed by atoms with E-state index < -0.39 is 0 Å². The zero-order valence-corrected chi connectivity index (χ0v) is 8.43. The Kier molecular flexibility index (Phi) is 1.92. The van der Waals surface area contributed by atoms with Crippen molar-refractivity contribution >= 4 is 0 Å². The molecule has 0 aromatic heterocycles. The van der Waals surface area contributed by atoms with E-state index in [0.29, 0.717) is 0 Å². The Morgan fingerprint density at radius 3 is 2.62 bits per heavy atom. The van der Waals surface area contributed by atoms with Crippen LogP contribution in [0.5, 0.6) is 0 Å². The van der Waals surface area contributed by atoms with Gasteiger partial charge in [0.25, 0.3) is 0 Å². The third-order valence-corrected chi connectivity index (χ3v) is 3.04. The lowest BCUT2D eigenvalue weighted by Gasteiger charge is -2.13. The van der Waals surface area contributed by atoms with Gasteiger partial charge >= 0.3 is 0 Å². The minimum absolute atomic E-state index is 0.0231. The van der Waals surface area contributed by atoms with Gasteiger partial charge < -0.3 is 5.73 Å². The molecular weight excluding hydrogens is 158 g/mol. The average Bonchev–Trinajstić information content (AvgIpc) is 2.86. The summed E-state index contributed by atoms with van der Waals surface area (Å²) in [5.74, 6) is 0. The fourth-order valence-electron chi connectivity index (χ4n) is 1.83. The standard InChI is InChI=1S/C12H17N/c1-3-10-5-4-9(2)11(8-10)12(13)6-7-12/h4-5,8H,3,6-7,13H2,1-2H3. The first-order valence-corrected chi connectivity index (χ1v) is 5.04. The van der Waals surface area contributed by atoms with E-state index in [1.54, 1.807) is 0 Å². The zero-order chi connectivity index (χ0) is 9.47. The van der Waals surface area contributed by atoms with Crippen molar-refractivity contribution in [2.75, 3.05) is 0 Å². The van der Waals surface area contributed by atoms with Crippen molar-refractivity contribution in [1.29, 1.82) is 0 Å². The van der Waals surface area contributed by atoms with Gasteiger partial charge in [-0.2, -0.15) is 0 Å². The first kappa shape index (κ1) is 8.76. The summed E-state index contributed by atoms with van der Waals surface area (Å²) in [6.07, 6.45) is 3.41. The number of nitrogens with two attached hydrogens (primary N) is 1. The molecule has 1 aromatic carbocycles. The van der Waals surface area contributed by atoms with Crippen LogP contribution in [0.4, 0.5) is 0 Å². The molecule has 0 heterocycles. The predicted molar refractivity (Wildman–Crippen MR) is 55.7 cm³/mol. The Morgan fingerprint density at radius 1 is 1.38 bits per heavy atom. The molecule has 0 unspecified atom stereocenters. The zero-order valence-electron chi connectivity index (χ0n) is 8.43. The van der Waals surface area contributed by atoms with E-state index in [9.17, 15) is 0 Å². The molecule has 70 valence electrons. The van der Waals surface area contributed by atoms with Crippen molar-refractivity contribution in [1.82, 2.24) is 0 Å². The summed E-state index contributed by atoms with van der Waals surface area (Å²) in [6.45, 7) is 4.34. The number of benzene rings is 1. The second-order valence-corrected chi connectivity index (χ2v) is 4.16. The monoisotopic (exact) mass is 175 g/mol. The highest BCUT2D eigenvalue weighted by atomic mass is 14.8. The van der Waals surface area contributed by atoms with Gasteiger partial charge in [-0.1, -0.05) is 25.1 Å². The van der Waals surface area contributed by atoms with Gasteiger partial charge in [0.15, 0.2) is 0 Å². The molecule has 0 saturated heterocycles. The lowest BCUT2D eigenvalue weighted by atomic mass is 9.96. The minimum atomic E-state index is 0.0231. The molecule has 1 nitrogen and oxygen atoms in total. The van der Waals surface area contributed by atoms with Gasteiger partial charge in [-0.15, -0.1) is 0 Å². The second kappa shape index (κ2) is 2.85. The maximum atomic E-state index is 6.19. The molecule has 2 N–H and O–H groups in total. The van der Waals surface area contributed by atoms with Gasteiger partial charge in [0, 0.05) is 5.54 Å². The van der Waals surface area contributed by atoms with E-state index in [-0.39, 0.29) is 5.54 Å².